The highest BCUT2D eigenvalue weighted by Crippen LogP contribution is 2.24. The normalized spacial score (nSPS) is 9.71. The molecule has 4 N–H and O–H groups in total. The number of carbonyl (C=O) groups is 2. The summed E-state index contributed by atoms with van der Waals surface area (Å²) in [6.45, 7) is 0.101. The van der Waals surface area contributed by atoms with E-state index in [-0.39, 0.29) is 35.9 Å². The van der Waals surface area contributed by atoms with Crippen LogP contribution in [0.4, 0.5) is 5.69 Å². The van der Waals surface area contributed by atoms with E-state index in [1.54, 1.807) is 6.07 Å². The molecule has 92 valence electrons. The molecule has 1 aromatic carbocycles. The molecule has 6 heteroatoms. The maximum atomic E-state index is 11.0. The number of ether oxygens (including phenoxy) is 1. The highest BCUT2D eigenvalue weighted by Gasteiger charge is 2.14. The Bertz CT molecular complexity index is 431. The van der Waals surface area contributed by atoms with Crippen molar-refractivity contribution >= 4 is 17.6 Å². The van der Waals surface area contributed by atoms with Crippen LogP contribution in [0.5, 0.6) is 5.75 Å². The Morgan fingerprint density at radius 2 is 2.18 bits per heavy atom. The number of nitrogens with one attached hydrogen (secondary N) is 1. The average Bonchev–Trinajstić information content (AvgIpc) is 2.28. The van der Waals surface area contributed by atoms with Gasteiger partial charge in [0.05, 0.1) is 13.0 Å². The number of nitrogen functional groups attached to an aromatic ring is 1. The van der Waals surface area contributed by atoms with Crippen molar-refractivity contribution in [2.24, 2.45) is 0 Å². The van der Waals surface area contributed by atoms with Crippen LogP contribution in [0, 0.1) is 0 Å². The maximum absolute atomic E-state index is 11.0. The third-order valence-corrected chi connectivity index (χ3v) is 2.14. The highest BCUT2D eigenvalue weighted by atomic mass is 16.5. The third kappa shape index (κ3) is 3.37. The van der Waals surface area contributed by atoms with Gasteiger partial charge in [-0.15, -0.1) is 0 Å². The molecule has 1 aromatic rings. The van der Waals surface area contributed by atoms with Crippen LogP contribution < -0.4 is 15.8 Å². The number of benzene rings is 1. The van der Waals surface area contributed by atoms with Gasteiger partial charge in [0.2, 0.25) is 5.91 Å². The Morgan fingerprint density at radius 3 is 2.76 bits per heavy atom. The van der Waals surface area contributed by atoms with Crippen LogP contribution in [-0.2, 0) is 4.79 Å². The largest absolute Gasteiger partial charge is 0.492 e. The summed E-state index contributed by atoms with van der Waals surface area (Å²) in [5.74, 6) is -1.16. The lowest BCUT2D eigenvalue weighted by atomic mass is 10.1. The molecule has 0 heterocycles. The van der Waals surface area contributed by atoms with Crippen molar-refractivity contribution in [3.05, 3.63) is 23.8 Å². The zero-order valence-corrected chi connectivity index (χ0v) is 9.40. The van der Waals surface area contributed by atoms with Crippen LogP contribution in [0.15, 0.2) is 18.2 Å². The lowest BCUT2D eigenvalue weighted by Gasteiger charge is -2.10. The minimum absolute atomic E-state index is 0.0793. The van der Waals surface area contributed by atoms with Gasteiger partial charge in [0.1, 0.15) is 11.3 Å². The number of carboxylic acids is 1. The van der Waals surface area contributed by atoms with E-state index in [9.17, 15) is 9.59 Å². The number of rotatable bonds is 5. The summed E-state index contributed by atoms with van der Waals surface area (Å²) in [7, 11) is 1.52. The Morgan fingerprint density at radius 1 is 1.47 bits per heavy atom. The minimum atomic E-state index is -1.15. The van der Waals surface area contributed by atoms with Crippen LogP contribution in [0.25, 0.3) is 0 Å². The maximum Gasteiger partial charge on any atom is 0.341 e. The van der Waals surface area contributed by atoms with Gasteiger partial charge < -0.3 is 20.9 Å². The summed E-state index contributed by atoms with van der Waals surface area (Å²) in [5, 5.41) is 11.4. The van der Waals surface area contributed by atoms with Crippen LogP contribution in [0.3, 0.4) is 0 Å². The van der Waals surface area contributed by atoms with Crippen LogP contribution in [0.1, 0.15) is 16.8 Å². The van der Waals surface area contributed by atoms with Crippen molar-refractivity contribution in [3.63, 3.8) is 0 Å². The molecule has 1 amide bonds. The van der Waals surface area contributed by atoms with Crippen molar-refractivity contribution in [3.8, 4) is 5.75 Å². The lowest BCUT2D eigenvalue weighted by molar-refractivity contribution is -0.121. The van der Waals surface area contributed by atoms with E-state index in [1.807, 2.05) is 0 Å². The summed E-state index contributed by atoms with van der Waals surface area (Å²) in [6.07, 6.45) is 0.157. The topological polar surface area (TPSA) is 102 Å². The average molecular weight is 238 g/mol. The van der Waals surface area contributed by atoms with E-state index in [4.69, 9.17) is 15.6 Å². The molecule has 0 aromatic heterocycles. The van der Waals surface area contributed by atoms with E-state index < -0.39 is 5.97 Å². The van der Waals surface area contributed by atoms with E-state index in [0.29, 0.717) is 0 Å². The molecule has 6 nitrogen and oxygen atoms in total. The predicted octanol–water partition coefficient (Wildman–Crippen LogP) is 0.482. The quantitative estimate of drug-likeness (QED) is 0.648. The number of aromatic carboxylic acids is 1. The van der Waals surface area contributed by atoms with Gasteiger partial charge in [-0.1, -0.05) is 6.07 Å². The van der Waals surface area contributed by atoms with Gasteiger partial charge in [0.15, 0.2) is 0 Å². The second kappa shape index (κ2) is 5.74. The van der Waals surface area contributed by atoms with Crippen molar-refractivity contribution in [1.82, 2.24) is 5.32 Å². The number of carboxylic acid groups (broad SMARTS) is 1. The SMILES string of the molecule is CNC(=O)CCOc1cccc(N)c1C(=O)O. The standard InChI is InChI=1S/C11H14N2O4/c1-13-9(14)5-6-17-8-4-2-3-7(12)10(8)11(15)16/h2-4H,5-6,12H2,1H3,(H,13,14)(H,15,16). The fourth-order valence-corrected chi connectivity index (χ4v) is 1.28. The first-order valence-corrected chi connectivity index (χ1v) is 5.01. The van der Waals surface area contributed by atoms with Gasteiger partial charge in [-0.25, -0.2) is 4.79 Å². The Kier molecular flexibility index (Phi) is 4.33. The van der Waals surface area contributed by atoms with Gasteiger partial charge in [-0.05, 0) is 12.1 Å². The zero-order valence-electron chi connectivity index (χ0n) is 9.40. The van der Waals surface area contributed by atoms with Crippen molar-refractivity contribution in [2.45, 2.75) is 6.42 Å². The first-order valence-electron chi connectivity index (χ1n) is 5.01. The second-order valence-corrected chi connectivity index (χ2v) is 3.30. The molecular formula is C11H14N2O4. The molecular weight excluding hydrogens is 224 g/mol. The number of hydrogen-bond acceptors (Lipinski definition) is 4. The summed E-state index contributed by atoms with van der Waals surface area (Å²) < 4.78 is 5.23. The number of amides is 1. The molecule has 0 atom stereocenters. The smallest absolute Gasteiger partial charge is 0.341 e. The van der Waals surface area contributed by atoms with Gasteiger partial charge in [-0.2, -0.15) is 0 Å². The van der Waals surface area contributed by atoms with Crippen molar-refractivity contribution in [2.75, 3.05) is 19.4 Å². The summed E-state index contributed by atoms with van der Waals surface area (Å²) in [4.78, 5) is 21.9. The first kappa shape index (κ1) is 12.8. The zero-order chi connectivity index (χ0) is 12.8. The van der Waals surface area contributed by atoms with Gasteiger partial charge in [0, 0.05) is 12.7 Å². The molecule has 0 radical (unpaired) electrons. The fraction of sp³-hybridized carbons (Fsp3) is 0.273. The molecule has 0 unspecified atom stereocenters. The highest BCUT2D eigenvalue weighted by molar-refractivity contribution is 5.96. The van der Waals surface area contributed by atoms with E-state index in [0.717, 1.165) is 0 Å². The summed E-state index contributed by atoms with van der Waals surface area (Å²) in [6, 6.07) is 4.58. The monoisotopic (exact) mass is 238 g/mol. The number of hydrogen-bond donors (Lipinski definition) is 3. The van der Waals surface area contributed by atoms with Crippen molar-refractivity contribution < 1.29 is 19.4 Å². The first-order chi connectivity index (χ1) is 8.06. The molecule has 0 bridgehead atoms. The van der Waals surface area contributed by atoms with Crippen LogP contribution in [0.2, 0.25) is 0 Å². The molecule has 0 fully saturated rings. The van der Waals surface area contributed by atoms with Gasteiger partial charge in [-0.3, -0.25) is 4.79 Å². The Hall–Kier alpha value is -2.24. The number of nitrogens with two attached hydrogens (primary N) is 1. The molecule has 17 heavy (non-hydrogen) atoms. The van der Waals surface area contributed by atoms with Gasteiger partial charge in [0.25, 0.3) is 0 Å². The molecule has 0 saturated carbocycles. The predicted molar refractivity (Wildman–Crippen MR) is 62.0 cm³/mol. The second-order valence-electron chi connectivity index (χ2n) is 3.30. The lowest BCUT2D eigenvalue weighted by Crippen LogP contribution is -2.20. The molecule has 0 spiro atoms. The van der Waals surface area contributed by atoms with Gasteiger partial charge >= 0.3 is 5.97 Å². The Labute approximate surface area is 98.4 Å². The molecule has 0 aliphatic carbocycles. The van der Waals surface area contributed by atoms with Crippen LogP contribution in [-0.4, -0.2) is 30.6 Å². The summed E-state index contributed by atoms with van der Waals surface area (Å²) >= 11 is 0. The summed E-state index contributed by atoms with van der Waals surface area (Å²) in [5.41, 5.74) is 5.59. The Balaban J connectivity index is 2.74. The fourth-order valence-electron chi connectivity index (χ4n) is 1.28. The molecule has 1 rings (SSSR count). The van der Waals surface area contributed by atoms with E-state index in [2.05, 4.69) is 5.32 Å². The molecule has 0 aliphatic heterocycles. The molecule has 0 aliphatic rings. The number of anilines is 1. The molecule has 0 saturated heterocycles. The van der Waals surface area contributed by atoms with Crippen molar-refractivity contribution in [1.29, 1.82) is 0 Å². The number of carbonyl (C=O) groups excluding carboxylic acids is 1. The van der Waals surface area contributed by atoms with E-state index >= 15 is 0 Å². The third-order valence-electron chi connectivity index (χ3n) is 2.14. The van der Waals surface area contributed by atoms with Crippen LogP contribution >= 0.6 is 0 Å². The van der Waals surface area contributed by atoms with E-state index in [1.165, 1.54) is 19.2 Å². The minimum Gasteiger partial charge on any atom is -0.492 e.